The van der Waals surface area contributed by atoms with Crippen molar-refractivity contribution < 1.29 is 9.72 Å². The highest BCUT2D eigenvalue weighted by Gasteiger charge is 2.22. The molecule has 0 unspecified atom stereocenters. The lowest BCUT2D eigenvalue weighted by atomic mass is 9.99. The first-order valence-corrected chi connectivity index (χ1v) is 14.8. The van der Waals surface area contributed by atoms with Gasteiger partial charge in [0.1, 0.15) is 11.1 Å². The number of anilines is 1. The number of non-ortho nitro benzene ring substituents is 1. The van der Waals surface area contributed by atoms with Gasteiger partial charge >= 0.3 is 0 Å². The Bertz CT molecular complexity index is 1830. The molecule has 0 spiro atoms. The van der Waals surface area contributed by atoms with Crippen molar-refractivity contribution in [3.05, 3.63) is 140 Å². The molecule has 0 bridgehead atoms. The predicted octanol–water partition coefficient (Wildman–Crippen LogP) is 8.83. The molecule has 7 nitrogen and oxygen atoms in total. The average molecular weight is 626 g/mol. The summed E-state index contributed by atoms with van der Waals surface area (Å²) >= 11 is 13.8. The van der Waals surface area contributed by atoms with Gasteiger partial charge in [0.05, 0.1) is 28.5 Å². The summed E-state index contributed by atoms with van der Waals surface area (Å²) in [4.78, 5) is 30.8. The zero-order valence-corrected chi connectivity index (χ0v) is 24.8. The fourth-order valence-corrected chi connectivity index (χ4v) is 5.68. The summed E-state index contributed by atoms with van der Waals surface area (Å²) < 4.78 is 0. The first-order chi connectivity index (χ1) is 20.8. The number of nitro groups is 1. The number of halogens is 2. The molecule has 1 aromatic heterocycles. The van der Waals surface area contributed by atoms with Crippen molar-refractivity contribution in [2.24, 2.45) is 0 Å². The monoisotopic (exact) mass is 624 g/mol. The number of amides is 1. The molecule has 1 heterocycles. The Morgan fingerprint density at radius 1 is 0.907 bits per heavy atom. The quantitative estimate of drug-likeness (QED) is 0.0922. The maximum absolute atomic E-state index is 13.8. The summed E-state index contributed by atoms with van der Waals surface area (Å²) in [6, 6.07) is 33.8. The first kappa shape index (κ1) is 29.8. The summed E-state index contributed by atoms with van der Waals surface area (Å²) in [5, 5.41) is 22.9. The van der Waals surface area contributed by atoms with Crippen LogP contribution < -0.4 is 4.90 Å². The van der Waals surface area contributed by atoms with Gasteiger partial charge in [0.15, 0.2) is 0 Å². The van der Waals surface area contributed by atoms with Crippen LogP contribution in [-0.2, 0) is 11.3 Å². The second kappa shape index (κ2) is 13.5. The molecule has 5 aromatic rings. The Labute approximate surface area is 262 Å². The number of pyridine rings is 1. The van der Waals surface area contributed by atoms with E-state index in [4.69, 9.17) is 28.2 Å². The van der Waals surface area contributed by atoms with E-state index in [1.807, 2.05) is 66.7 Å². The van der Waals surface area contributed by atoms with Crippen molar-refractivity contribution in [1.29, 1.82) is 5.26 Å². The normalized spacial score (nSPS) is 10.6. The van der Waals surface area contributed by atoms with Crippen LogP contribution in [0, 0.1) is 21.4 Å². The molecule has 0 N–H and O–H groups in total. The number of aromatic nitrogens is 1. The van der Waals surface area contributed by atoms with Crippen LogP contribution in [0.25, 0.3) is 22.4 Å². The molecular formula is C33H22Cl2N4O3S. The third kappa shape index (κ3) is 7.04. The van der Waals surface area contributed by atoms with Crippen LogP contribution in [0.4, 0.5) is 11.4 Å². The zero-order valence-electron chi connectivity index (χ0n) is 22.5. The Morgan fingerprint density at radius 3 is 2.23 bits per heavy atom. The summed E-state index contributed by atoms with van der Waals surface area (Å²) in [6.45, 7) is 0.210. The highest BCUT2D eigenvalue weighted by Crippen LogP contribution is 2.37. The van der Waals surface area contributed by atoms with Crippen LogP contribution in [0.5, 0.6) is 0 Å². The molecular weight excluding hydrogens is 603 g/mol. The predicted molar refractivity (Wildman–Crippen MR) is 171 cm³/mol. The summed E-state index contributed by atoms with van der Waals surface area (Å²) in [5.41, 5.74) is 4.34. The van der Waals surface area contributed by atoms with Crippen LogP contribution in [-0.4, -0.2) is 21.6 Å². The van der Waals surface area contributed by atoms with Gasteiger partial charge in [-0.05, 0) is 42.0 Å². The van der Waals surface area contributed by atoms with E-state index < -0.39 is 4.92 Å². The molecule has 0 aliphatic carbocycles. The van der Waals surface area contributed by atoms with Crippen LogP contribution in [0.3, 0.4) is 0 Å². The Balaban J connectivity index is 1.51. The molecule has 0 saturated heterocycles. The molecule has 4 aromatic carbocycles. The van der Waals surface area contributed by atoms with Gasteiger partial charge in [0, 0.05) is 44.6 Å². The second-order valence-electron chi connectivity index (χ2n) is 9.36. The molecule has 0 fully saturated rings. The third-order valence-electron chi connectivity index (χ3n) is 6.59. The summed E-state index contributed by atoms with van der Waals surface area (Å²) in [5.74, 6) is -0.323. The molecule has 0 atom stereocenters. The topological polar surface area (TPSA) is 100 Å². The van der Waals surface area contributed by atoms with Gasteiger partial charge in [0.25, 0.3) is 5.69 Å². The van der Waals surface area contributed by atoms with Crippen molar-refractivity contribution in [2.75, 3.05) is 10.7 Å². The maximum atomic E-state index is 13.8. The highest BCUT2D eigenvalue weighted by molar-refractivity contribution is 8.00. The summed E-state index contributed by atoms with van der Waals surface area (Å²) in [7, 11) is 0. The fraction of sp³-hybridized carbons (Fsp3) is 0.0606. The minimum absolute atomic E-state index is 0.0491. The van der Waals surface area contributed by atoms with E-state index in [0.717, 1.165) is 22.9 Å². The van der Waals surface area contributed by atoms with Crippen molar-refractivity contribution >= 4 is 52.2 Å². The van der Waals surface area contributed by atoms with E-state index in [-0.39, 0.29) is 23.9 Å². The first-order valence-electron chi connectivity index (χ1n) is 13.0. The van der Waals surface area contributed by atoms with Crippen molar-refractivity contribution in [3.63, 3.8) is 0 Å². The molecule has 10 heteroatoms. The van der Waals surface area contributed by atoms with Gasteiger partial charge in [-0.15, -0.1) is 0 Å². The molecule has 212 valence electrons. The number of carbonyl (C=O) groups excluding carboxylic acids is 1. The number of thioether (sulfide) groups is 1. The molecule has 43 heavy (non-hydrogen) atoms. The van der Waals surface area contributed by atoms with Crippen LogP contribution in [0.1, 0.15) is 11.1 Å². The van der Waals surface area contributed by atoms with E-state index in [1.165, 1.54) is 12.1 Å². The Hall–Kier alpha value is -4.68. The minimum Gasteiger partial charge on any atom is -0.307 e. The van der Waals surface area contributed by atoms with Gasteiger partial charge in [-0.2, -0.15) is 5.26 Å². The largest absolute Gasteiger partial charge is 0.307 e. The number of hydrogen-bond acceptors (Lipinski definition) is 6. The maximum Gasteiger partial charge on any atom is 0.269 e. The van der Waals surface area contributed by atoms with E-state index in [2.05, 4.69) is 6.07 Å². The Kier molecular flexibility index (Phi) is 9.38. The lowest BCUT2D eigenvalue weighted by Crippen LogP contribution is -2.32. The van der Waals surface area contributed by atoms with Gasteiger partial charge < -0.3 is 4.90 Å². The van der Waals surface area contributed by atoms with E-state index >= 15 is 0 Å². The van der Waals surface area contributed by atoms with Gasteiger partial charge in [-0.1, -0.05) is 95.6 Å². The Morgan fingerprint density at radius 2 is 1.58 bits per heavy atom. The lowest BCUT2D eigenvalue weighted by molar-refractivity contribution is -0.384. The van der Waals surface area contributed by atoms with Crippen molar-refractivity contribution in [1.82, 2.24) is 4.98 Å². The SMILES string of the molecule is N#Cc1c(-c2ccccc2Cl)cc(-c2ccccc2)nc1SCC(=O)N(Cc1ccc(Cl)cc1)c1ccc([N+](=O)[O-])cc1. The van der Waals surface area contributed by atoms with Crippen LogP contribution in [0.2, 0.25) is 10.0 Å². The highest BCUT2D eigenvalue weighted by atomic mass is 35.5. The molecule has 0 aliphatic rings. The molecule has 5 rings (SSSR count). The standard InChI is InChI=1S/C33H22Cl2N4O3S/c34-24-12-10-22(11-13-24)20-38(25-14-16-26(17-15-25)39(41)42)32(40)21-43-33-29(19-36)28(27-8-4-5-9-30(27)35)18-31(37-33)23-6-2-1-3-7-23/h1-18H,20-21H2. The lowest BCUT2D eigenvalue weighted by Gasteiger charge is -2.23. The molecule has 0 aliphatic heterocycles. The fourth-order valence-electron chi connectivity index (χ4n) is 4.44. The van der Waals surface area contributed by atoms with Gasteiger partial charge in [-0.25, -0.2) is 4.98 Å². The third-order valence-corrected chi connectivity index (χ3v) is 8.13. The van der Waals surface area contributed by atoms with E-state index in [9.17, 15) is 20.2 Å². The molecule has 0 saturated carbocycles. The van der Waals surface area contributed by atoms with Gasteiger partial charge in [0.2, 0.25) is 5.91 Å². The van der Waals surface area contributed by atoms with Gasteiger partial charge in [-0.3, -0.25) is 14.9 Å². The minimum atomic E-state index is -0.490. The molecule has 1 amide bonds. The van der Waals surface area contributed by atoms with Crippen molar-refractivity contribution in [3.8, 4) is 28.5 Å². The number of carbonyl (C=O) groups is 1. The second-order valence-corrected chi connectivity index (χ2v) is 11.2. The number of hydrogen-bond donors (Lipinski definition) is 0. The van der Waals surface area contributed by atoms with Crippen LogP contribution >= 0.6 is 35.0 Å². The van der Waals surface area contributed by atoms with Crippen LogP contribution in [0.15, 0.2) is 114 Å². The number of nitrogens with zero attached hydrogens (tertiary/aromatic N) is 4. The van der Waals surface area contributed by atoms with E-state index in [0.29, 0.717) is 43.1 Å². The molecule has 0 radical (unpaired) electrons. The smallest absolute Gasteiger partial charge is 0.269 e. The average Bonchev–Trinajstić information content (AvgIpc) is 3.03. The zero-order chi connectivity index (χ0) is 30.3. The van der Waals surface area contributed by atoms with E-state index in [1.54, 1.807) is 35.2 Å². The summed E-state index contributed by atoms with van der Waals surface area (Å²) in [6.07, 6.45) is 0. The number of nitriles is 1. The van der Waals surface area contributed by atoms with Crippen molar-refractivity contribution in [2.45, 2.75) is 11.6 Å². The number of nitro benzene ring substituents is 1. The number of rotatable bonds is 9. The number of benzene rings is 4.